The quantitative estimate of drug-likeness (QED) is 0.847. The number of thioether (sulfide) groups is 1. The summed E-state index contributed by atoms with van der Waals surface area (Å²) in [5.74, 6) is -0.318. The van der Waals surface area contributed by atoms with Crippen LogP contribution in [0.5, 0.6) is 0 Å². The number of nitrogens with zero attached hydrogens (tertiary/aromatic N) is 4. The summed E-state index contributed by atoms with van der Waals surface area (Å²) < 4.78 is 1.57. The van der Waals surface area contributed by atoms with Crippen LogP contribution in [-0.2, 0) is 9.59 Å². The molecule has 1 aromatic carbocycles. The van der Waals surface area contributed by atoms with E-state index in [1.807, 2.05) is 32.0 Å². The zero-order valence-corrected chi connectivity index (χ0v) is 14.1. The highest BCUT2D eigenvalue weighted by Gasteiger charge is 2.32. The van der Waals surface area contributed by atoms with Crippen molar-refractivity contribution in [3.8, 4) is 0 Å². The highest BCUT2D eigenvalue weighted by molar-refractivity contribution is 8.04. The molecule has 0 fully saturated rings. The number of ketones is 1. The third kappa shape index (κ3) is 2.57. The summed E-state index contributed by atoms with van der Waals surface area (Å²) in [5.41, 5.74) is 3.65. The van der Waals surface area contributed by atoms with Crippen LogP contribution in [0.4, 0.5) is 0 Å². The Balaban J connectivity index is 2.27. The molecule has 0 bridgehead atoms. The molecule has 0 saturated carbocycles. The maximum absolute atomic E-state index is 12.3. The van der Waals surface area contributed by atoms with Crippen LogP contribution in [0, 0.1) is 13.8 Å². The highest BCUT2D eigenvalue weighted by atomic mass is 32.2. The molecule has 0 unspecified atom stereocenters. The molecule has 0 spiro atoms. The van der Waals surface area contributed by atoms with Gasteiger partial charge in [-0.15, -0.1) is 10.2 Å². The van der Waals surface area contributed by atoms with Crippen molar-refractivity contribution < 1.29 is 9.59 Å². The second kappa shape index (κ2) is 5.66. The molecule has 1 amide bonds. The van der Waals surface area contributed by atoms with Gasteiger partial charge in [0.1, 0.15) is 6.33 Å². The van der Waals surface area contributed by atoms with Crippen LogP contribution < -0.4 is 5.01 Å². The molecular formula is C16H16N4O2S. The zero-order valence-electron chi connectivity index (χ0n) is 13.3. The largest absolute Gasteiger partial charge is 0.294 e. The van der Waals surface area contributed by atoms with E-state index in [1.165, 1.54) is 36.9 Å². The lowest BCUT2D eigenvalue weighted by atomic mass is 10.0. The Labute approximate surface area is 138 Å². The summed E-state index contributed by atoms with van der Waals surface area (Å²) in [5, 5.41) is 9.78. The van der Waals surface area contributed by atoms with E-state index >= 15 is 0 Å². The van der Waals surface area contributed by atoms with Gasteiger partial charge in [0.05, 0.1) is 10.6 Å². The number of amides is 1. The van der Waals surface area contributed by atoms with Gasteiger partial charge in [-0.05, 0) is 49.7 Å². The number of rotatable bonds is 2. The van der Waals surface area contributed by atoms with Crippen LogP contribution in [-0.4, -0.2) is 26.6 Å². The molecule has 0 atom stereocenters. The van der Waals surface area contributed by atoms with Crippen LogP contribution in [0.3, 0.4) is 0 Å². The van der Waals surface area contributed by atoms with Gasteiger partial charge in [0.15, 0.2) is 5.78 Å². The van der Waals surface area contributed by atoms with E-state index in [4.69, 9.17) is 0 Å². The number of aromatic nitrogens is 3. The van der Waals surface area contributed by atoms with Crippen molar-refractivity contribution in [3.05, 3.63) is 46.1 Å². The Kier molecular flexibility index (Phi) is 3.81. The van der Waals surface area contributed by atoms with Gasteiger partial charge in [-0.1, -0.05) is 12.1 Å². The zero-order chi connectivity index (χ0) is 16.7. The molecule has 3 rings (SSSR count). The molecule has 0 N–H and O–H groups in total. The predicted molar refractivity (Wildman–Crippen MR) is 88.3 cm³/mol. The van der Waals surface area contributed by atoms with E-state index < -0.39 is 0 Å². The van der Waals surface area contributed by atoms with E-state index in [1.54, 1.807) is 4.68 Å². The van der Waals surface area contributed by atoms with Gasteiger partial charge in [-0.3, -0.25) is 9.59 Å². The van der Waals surface area contributed by atoms with Gasteiger partial charge in [-0.2, -0.15) is 0 Å². The number of Topliss-reactive ketones (excluding diaryl/α,β-unsaturated/α-hetero) is 1. The Morgan fingerprint density at radius 1 is 1.13 bits per heavy atom. The third-order valence-corrected chi connectivity index (χ3v) is 4.87. The first-order valence-electron chi connectivity index (χ1n) is 7.12. The van der Waals surface area contributed by atoms with E-state index in [-0.39, 0.29) is 11.7 Å². The van der Waals surface area contributed by atoms with Crippen molar-refractivity contribution in [2.24, 2.45) is 0 Å². The van der Waals surface area contributed by atoms with Gasteiger partial charge in [0.25, 0.3) is 0 Å². The monoisotopic (exact) mass is 328 g/mol. The van der Waals surface area contributed by atoms with Crippen molar-refractivity contribution in [2.45, 2.75) is 32.9 Å². The molecule has 0 radical (unpaired) electrons. The molecule has 1 aliphatic heterocycles. The Morgan fingerprint density at radius 3 is 2.48 bits per heavy atom. The molecule has 7 heteroatoms. The molecule has 118 valence electrons. The molecule has 0 aliphatic carbocycles. The second-order valence-electron chi connectivity index (χ2n) is 5.42. The summed E-state index contributed by atoms with van der Waals surface area (Å²) in [4.78, 5) is 24.9. The average molecular weight is 328 g/mol. The van der Waals surface area contributed by atoms with Crippen molar-refractivity contribution in [1.29, 1.82) is 0 Å². The summed E-state index contributed by atoms with van der Waals surface area (Å²) in [6.07, 6.45) is 1.47. The number of aryl methyl sites for hydroxylation is 2. The molecule has 23 heavy (non-hydrogen) atoms. The second-order valence-corrected chi connectivity index (χ2v) is 6.40. The van der Waals surface area contributed by atoms with Crippen LogP contribution in [0.1, 0.15) is 30.5 Å². The normalized spacial score (nSPS) is 14.0. The number of carbonyl (C=O) groups is 2. The summed E-state index contributed by atoms with van der Waals surface area (Å²) in [6, 6.07) is 5.89. The summed E-state index contributed by atoms with van der Waals surface area (Å²) in [6.45, 7) is 6.98. The SMILES string of the molecule is CC(=O)C1=C(c2ccc(C)c(C)c2)N(C(C)=O)n2cnnc2S1. The van der Waals surface area contributed by atoms with Crippen molar-refractivity contribution >= 4 is 29.1 Å². The number of hydrogen-bond acceptors (Lipinski definition) is 5. The first kappa shape index (κ1) is 15.5. The number of carbonyl (C=O) groups excluding carboxylic acids is 2. The fourth-order valence-electron chi connectivity index (χ4n) is 2.46. The van der Waals surface area contributed by atoms with Gasteiger partial charge in [0, 0.05) is 12.5 Å². The lowest BCUT2D eigenvalue weighted by molar-refractivity contribution is -0.117. The number of benzene rings is 1. The van der Waals surface area contributed by atoms with E-state index in [0.29, 0.717) is 15.8 Å². The van der Waals surface area contributed by atoms with E-state index in [0.717, 1.165) is 16.7 Å². The maximum Gasteiger partial charge on any atom is 0.243 e. The minimum atomic E-state index is -0.210. The minimum Gasteiger partial charge on any atom is -0.294 e. The van der Waals surface area contributed by atoms with Gasteiger partial charge in [-0.25, -0.2) is 9.69 Å². The summed E-state index contributed by atoms with van der Waals surface area (Å²) >= 11 is 1.23. The van der Waals surface area contributed by atoms with Crippen molar-refractivity contribution in [1.82, 2.24) is 14.9 Å². The smallest absolute Gasteiger partial charge is 0.243 e. The number of fused-ring (bicyclic) bond motifs is 1. The first-order valence-corrected chi connectivity index (χ1v) is 7.93. The maximum atomic E-state index is 12.3. The van der Waals surface area contributed by atoms with Gasteiger partial charge < -0.3 is 0 Å². The molecule has 1 aromatic heterocycles. The molecule has 1 aliphatic rings. The van der Waals surface area contributed by atoms with E-state index in [9.17, 15) is 9.59 Å². The standard InChI is InChI=1S/C16H16N4O2S/c1-9-5-6-13(7-10(9)2)14-15(11(3)21)23-16-18-17-8-19(16)20(14)12(4)22/h5-8H,1-4H3. The minimum absolute atomic E-state index is 0.108. The average Bonchev–Trinajstić information content (AvgIpc) is 2.95. The van der Waals surface area contributed by atoms with Crippen LogP contribution in [0.25, 0.3) is 5.70 Å². The lowest BCUT2D eigenvalue weighted by Gasteiger charge is -2.31. The van der Waals surface area contributed by atoms with Crippen LogP contribution in [0.15, 0.2) is 34.6 Å². The molecule has 2 heterocycles. The lowest BCUT2D eigenvalue weighted by Crippen LogP contribution is -2.40. The number of allylic oxidation sites excluding steroid dienone is 1. The summed E-state index contributed by atoms with van der Waals surface area (Å²) in [7, 11) is 0. The fourth-order valence-corrected chi connectivity index (χ4v) is 3.39. The van der Waals surface area contributed by atoms with Gasteiger partial charge >= 0.3 is 0 Å². The Hall–Kier alpha value is -2.41. The van der Waals surface area contributed by atoms with Crippen LogP contribution >= 0.6 is 11.8 Å². The predicted octanol–water partition coefficient (Wildman–Crippen LogP) is 2.44. The highest BCUT2D eigenvalue weighted by Crippen LogP contribution is 2.39. The van der Waals surface area contributed by atoms with E-state index in [2.05, 4.69) is 10.2 Å². The Morgan fingerprint density at radius 2 is 1.87 bits per heavy atom. The van der Waals surface area contributed by atoms with Crippen molar-refractivity contribution in [3.63, 3.8) is 0 Å². The van der Waals surface area contributed by atoms with Crippen LogP contribution in [0.2, 0.25) is 0 Å². The molecule has 6 nitrogen and oxygen atoms in total. The van der Waals surface area contributed by atoms with Crippen molar-refractivity contribution in [2.75, 3.05) is 5.01 Å². The Bertz CT molecular complexity index is 854. The molecular weight excluding hydrogens is 312 g/mol. The molecule has 2 aromatic rings. The number of hydrogen-bond donors (Lipinski definition) is 0. The molecule has 0 saturated heterocycles. The third-order valence-electron chi connectivity index (χ3n) is 3.73. The fraction of sp³-hybridized carbons (Fsp3) is 0.250. The topological polar surface area (TPSA) is 68.1 Å². The van der Waals surface area contributed by atoms with Gasteiger partial charge in [0.2, 0.25) is 11.1 Å². The first-order chi connectivity index (χ1) is 10.9.